The molecule has 2 aromatic carbocycles. The van der Waals surface area contributed by atoms with Gasteiger partial charge in [0.15, 0.2) is 5.75 Å². The Morgan fingerprint density at radius 1 is 1.00 bits per heavy atom. The van der Waals surface area contributed by atoms with E-state index in [0.717, 1.165) is 31.6 Å². The number of H-pyrrole nitrogens is 1. The Bertz CT molecular complexity index is 995. The van der Waals surface area contributed by atoms with E-state index in [-0.39, 0.29) is 5.39 Å². The first-order valence-electron chi connectivity index (χ1n) is 9.99. The summed E-state index contributed by atoms with van der Waals surface area (Å²) in [7, 11) is 0. The number of piperidine rings is 1. The molecule has 4 nitrogen and oxygen atoms in total. The normalized spacial score (nSPS) is 15.0. The van der Waals surface area contributed by atoms with Gasteiger partial charge >= 0.3 is 0 Å². The largest absolute Gasteiger partial charge is 0.491 e. The molecule has 1 aromatic heterocycles. The lowest BCUT2D eigenvalue weighted by Gasteiger charge is -2.26. The van der Waals surface area contributed by atoms with E-state index in [2.05, 4.69) is 9.88 Å². The lowest BCUT2D eigenvalue weighted by Crippen LogP contribution is -2.31. The molecular formula is C23H25FN2O2. The highest BCUT2D eigenvalue weighted by Crippen LogP contribution is 2.34. The third kappa shape index (κ3) is 3.94. The van der Waals surface area contributed by atoms with Crippen molar-refractivity contribution < 1.29 is 9.13 Å². The van der Waals surface area contributed by atoms with Gasteiger partial charge in [-0.05, 0) is 38.4 Å². The van der Waals surface area contributed by atoms with Crippen LogP contribution in [0.1, 0.15) is 25.7 Å². The molecule has 0 saturated carbocycles. The van der Waals surface area contributed by atoms with E-state index in [1.54, 1.807) is 12.1 Å². The Labute approximate surface area is 164 Å². The van der Waals surface area contributed by atoms with Gasteiger partial charge in [0, 0.05) is 17.5 Å². The highest BCUT2D eigenvalue weighted by Gasteiger charge is 2.17. The van der Waals surface area contributed by atoms with Crippen LogP contribution in [0, 0.1) is 5.82 Å². The highest BCUT2D eigenvalue weighted by molar-refractivity contribution is 5.93. The molecule has 1 saturated heterocycles. The van der Waals surface area contributed by atoms with Gasteiger partial charge in [0.2, 0.25) is 0 Å². The molecule has 2 heterocycles. The standard InChI is InChI=1S/C23H25FN2O2/c24-19-12-7-11-18-20(19)23(27)25-21(17-9-3-1-4-10-17)22(18)28-16-8-15-26-13-5-2-6-14-26/h1,3-4,7,9-12H,2,5-6,8,13-16H2,(H,25,27). The van der Waals surface area contributed by atoms with E-state index in [4.69, 9.17) is 4.74 Å². The molecule has 1 fully saturated rings. The number of nitrogens with one attached hydrogen (secondary N) is 1. The van der Waals surface area contributed by atoms with Crippen molar-refractivity contribution >= 4 is 10.8 Å². The zero-order valence-corrected chi connectivity index (χ0v) is 15.9. The van der Waals surface area contributed by atoms with Crippen molar-refractivity contribution in [2.75, 3.05) is 26.2 Å². The van der Waals surface area contributed by atoms with Gasteiger partial charge in [-0.2, -0.15) is 0 Å². The molecule has 0 unspecified atom stereocenters. The van der Waals surface area contributed by atoms with E-state index in [0.29, 0.717) is 23.4 Å². The van der Waals surface area contributed by atoms with Crippen molar-refractivity contribution in [3.63, 3.8) is 0 Å². The van der Waals surface area contributed by atoms with Gasteiger partial charge in [-0.25, -0.2) is 4.39 Å². The van der Waals surface area contributed by atoms with Gasteiger partial charge in [-0.1, -0.05) is 48.9 Å². The predicted molar refractivity (Wildman–Crippen MR) is 110 cm³/mol. The fourth-order valence-corrected chi connectivity index (χ4v) is 3.91. The molecule has 28 heavy (non-hydrogen) atoms. The maximum atomic E-state index is 14.3. The van der Waals surface area contributed by atoms with Gasteiger partial charge in [-0.15, -0.1) is 0 Å². The summed E-state index contributed by atoms with van der Waals surface area (Å²) in [6, 6.07) is 14.2. The molecule has 0 atom stereocenters. The number of hydrogen-bond acceptors (Lipinski definition) is 3. The van der Waals surface area contributed by atoms with Crippen LogP contribution in [0.25, 0.3) is 22.0 Å². The molecule has 1 aliphatic rings. The third-order valence-electron chi connectivity index (χ3n) is 5.33. The van der Waals surface area contributed by atoms with E-state index < -0.39 is 11.4 Å². The number of aromatic amines is 1. The molecule has 0 amide bonds. The summed E-state index contributed by atoms with van der Waals surface area (Å²) in [6.07, 6.45) is 4.75. The molecule has 0 radical (unpaired) electrons. The molecule has 0 bridgehead atoms. The molecule has 5 heteroatoms. The number of pyridine rings is 1. The fraction of sp³-hybridized carbons (Fsp3) is 0.348. The average molecular weight is 380 g/mol. The topological polar surface area (TPSA) is 45.3 Å². The maximum absolute atomic E-state index is 14.3. The zero-order chi connectivity index (χ0) is 19.3. The Morgan fingerprint density at radius 2 is 1.79 bits per heavy atom. The average Bonchev–Trinajstić information content (AvgIpc) is 2.73. The quantitative estimate of drug-likeness (QED) is 0.636. The number of likely N-dealkylation sites (tertiary alicyclic amines) is 1. The molecule has 4 rings (SSSR count). The van der Waals surface area contributed by atoms with E-state index in [1.165, 1.54) is 25.3 Å². The summed E-state index contributed by atoms with van der Waals surface area (Å²) in [4.78, 5) is 17.8. The van der Waals surface area contributed by atoms with Crippen LogP contribution in [0.3, 0.4) is 0 Å². The number of benzene rings is 2. The van der Waals surface area contributed by atoms with Crippen LogP contribution in [0.5, 0.6) is 5.75 Å². The number of fused-ring (bicyclic) bond motifs is 1. The van der Waals surface area contributed by atoms with Crippen LogP contribution < -0.4 is 10.3 Å². The van der Waals surface area contributed by atoms with Crippen molar-refractivity contribution in [3.05, 3.63) is 64.7 Å². The zero-order valence-electron chi connectivity index (χ0n) is 15.9. The first kappa shape index (κ1) is 18.7. The second-order valence-corrected chi connectivity index (χ2v) is 7.29. The van der Waals surface area contributed by atoms with Gasteiger partial charge in [-0.3, -0.25) is 4.79 Å². The van der Waals surface area contributed by atoms with Crippen LogP contribution in [0.2, 0.25) is 0 Å². The van der Waals surface area contributed by atoms with Crippen molar-refractivity contribution in [2.45, 2.75) is 25.7 Å². The summed E-state index contributed by atoms with van der Waals surface area (Å²) in [5.74, 6) is 0.00970. The summed E-state index contributed by atoms with van der Waals surface area (Å²) in [6.45, 7) is 3.83. The lowest BCUT2D eigenvalue weighted by molar-refractivity contribution is 0.205. The van der Waals surface area contributed by atoms with E-state index in [9.17, 15) is 9.18 Å². The molecule has 0 spiro atoms. The first-order chi connectivity index (χ1) is 13.7. The first-order valence-corrected chi connectivity index (χ1v) is 9.99. The number of ether oxygens (including phenoxy) is 1. The number of aromatic nitrogens is 1. The van der Waals surface area contributed by atoms with Crippen molar-refractivity contribution in [1.82, 2.24) is 9.88 Å². The SMILES string of the molecule is O=c1[nH]c(-c2ccccc2)c(OCCCN2CCCCC2)c2cccc(F)c12. The number of nitrogens with zero attached hydrogens (tertiary/aromatic N) is 1. The minimum absolute atomic E-state index is 0.0493. The van der Waals surface area contributed by atoms with Crippen LogP contribution in [-0.2, 0) is 0 Å². The fourth-order valence-electron chi connectivity index (χ4n) is 3.91. The van der Waals surface area contributed by atoms with Gasteiger partial charge < -0.3 is 14.6 Å². The number of hydrogen-bond donors (Lipinski definition) is 1. The molecular weight excluding hydrogens is 355 g/mol. The smallest absolute Gasteiger partial charge is 0.259 e. The van der Waals surface area contributed by atoms with Gasteiger partial charge in [0.1, 0.15) is 5.82 Å². The van der Waals surface area contributed by atoms with Gasteiger partial charge in [0.05, 0.1) is 17.7 Å². The Kier molecular flexibility index (Phi) is 5.72. The number of rotatable bonds is 6. The van der Waals surface area contributed by atoms with Crippen molar-refractivity contribution in [2.24, 2.45) is 0 Å². The minimum atomic E-state index is -0.531. The lowest BCUT2D eigenvalue weighted by atomic mass is 10.1. The molecule has 3 aromatic rings. The maximum Gasteiger partial charge on any atom is 0.259 e. The Balaban J connectivity index is 1.63. The van der Waals surface area contributed by atoms with Gasteiger partial charge in [0.25, 0.3) is 5.56 Å². The molecule has 1 aliphatic heterocycles. The summed E-state index contributed by atoms with van der Waals surface area (Å²) >= 11 is 0. The third-order valence-corrected chi connectivity index (χ3v) is 5.33. The molecule has 0 aliphatic carbocycles. The Hall–Kier alpha value is -2.66. The second-order valence-electron chi connectivity index (χ2n) is 7.29. The molecule has 146 valence electrons. The summed E-state index contributed by atoms with van der Waals surface area (Å²) in [5.41, 5.74) is 1.01. The van der Waals surface area contributed by atoms with E-state index >= 15 is 0 Å². The van der Waals surface area contributed by atoms with E-state index in [1.807, 2.05) is 30.3 Å². The van der Waals surface area contributed by atoms with Crippen LogP contribution in [-0.4, -0.2) is 36.1 Å². The van der Waals surface area contributed by atoms with Crippen molar-refractivity contribution in [1.29, 1.82) is 0 Å². The summed E-state index contributed by atoms with van der Waals surface area (Å²) < 4.78 is 20.5. The number of halogens is 1. The molecule has 1 N–H and O–H groups in total. The summed E-state index contributed by atoms with van der Waals surface area (Å²) in [5, 5.41) is 0.564. The monoisotopic (exact) mass is 380 g/mol. The van der Waals surface area contributed by atoms with Crippen LogP contribution in [0.15, 0.2) is 53.3 Å². The highest BCUT2D eigenvalue weighted by atomic mass is 19.1. The second kappa shape index (κ2) is 8.57. The van der Waals surface area contributed by atoms with Crippen LogP contribution >= 0.6 is 0 Å². The Morgan fingerprint density at radius 3 is 2.57 bits per heavy atom. The predicted octanol–water partition coefficient (Wildman–Crippen LogP) is 4.59. The van der Waals surface area contributed by atoms with Crippen LogP contribution in [0.4, 0.5) is 4.39 Å². The van der Waals surface area contributed by atoms with Crippen molar-refractivity contribution in [3.8, 4) is 17.0 Å². The minimum Gasteiger partial charge on any atom is -0.491 e.